The Morgan fingerprint density at radius 1 is 1.24 bits per heavy atom. The molecular weight excluding hydrogens is 230 g/mol. The molecule has 1 N–H and O–H groups in total. The van der Waals surface area contributed by atoms with Crippen molar-refractivity contribution in [2.75, 3.05) is 19.7 Å². The third-order valence-electron chi connectivity index (χ3n) is 3.36. The summed E-state index contributed by atoms with van der Waals surface area (Å²) in [6.07, 6.45) is 8.34. The van der Waals surface area contributed by atoms with Crippen LogP contribution in [-0.4, -0.2) is 25.8 Å². The van der Waals surface area contributed by atoms with E-state index in [0.29, 0.717) is 6.10 Å². The number of hydrogen-bond donors (Lipinski definition) is 1. The second kappa shape index (κ2) is 7.85. The molecule has 1 aliphatic rings. The molecule has 0 aromatic carbocycles. The molecule has 1 fully saturated rings. The average Bonchev–Trinajstić information content (AvgIpc) is 2.88. The van der Waals surface area contributed by atoms with Crippen LogP contribution in [0.1, 0.15) is 37.7 Å². The molecule has 0 aliphatic heterocycles. The molecule has 0 spiro atoms. The van der Waals surface area contributed by atoms with Crippen LogP contribution in [0.25, 0.3) is 0 Å². The summed E-state index contributed by atoms with van der Waals surface area (Å²) in [7, 11) is 0. The topological polar surface area (TPSA) is 21.3 Å². The van der Waals surface area contributed by atoms with Gasteiger partial charge in [0.2, 0.25) is 0 Å². The minimum Gasteiger partial charge on any atom is -0.377 e. The highest BCUT2D eigenvalue weighted by molar-refractivity contribution is 7.07. The zero-order chi connectivity index (χ0) is 11.8. The van der Waals surface area contributed by atoms with E-state index in [1.165, 1.54) is 37.7 Å². The van der Waals surface area contributed by atoms with Crippen molar-refractivity contribution >= 4 is 11.3 Å². The Hall–Kier alpha value is -0.380. The second-order valence-corrected chi connectivity index (χ2v) is 5.54. The smallest absolute Gasteiger partial charge is 0.0594 e. The maximum atomic E-state index is 5.86. The van der Waals surface area contributed by atoms with E-state index in [2.05, 4.69) is 22.1 Å². The van der Waals surface area contributed by atoms with Gasteiger partial charge >= 0.3 is 0 Å². The van der Waals surface area contributed by atoms with Gasteiger partial charge < -0.3 is 10.1 Å². The molecule has 3 heteroatoms. The summed E-state index contributed by atoms with van der Waals surface area (Å²) in [6, 6.07) is 2.20. The van der Waals surface area contributed by atoms with E-state index in [-0.39, 0.29) is 0 Å². The van der Waals surface area contributed by atoms with Crippen LogP contribution in [0.4, 0.5) is 0 Å². The van der Waals surface area contributed by atoms with Crippen molar-refractivity contribution in [3.63, 3.8) is 0 Å². The third kappa shape index (κ3) is 5.19. The molecule has 0 atom stereocenters. The van der Waals surface area contributed by atoms with E-state index in [1.807, 2.05) is 0 Å². The van der Waals surface area contributed by atoms with Gasteiger partial charge in [0, 0.05) is 6.54 Å². The van der Waals surface area contributed by atoms with Crippen molar-refractivity contribution in [1.29, 1.82) is 0 Å². The van der Waals surface area contributed by atoms with Gasteiger partial charge in [-0.2, -0.15) is 11.3 Å². The van der Waals surface area contributed by atoms with Gasteiger partial charge in [0.05, 0.1) is 12.7 Å². The lowest BCUT2D eigenvalue weighted by Gasteiger charge is -2.22. The first-order valence-corrected chi connectivity index (χ1v) is 7.73. The summed E-state index contributed by atoms with van der Waals surface area (Å²) >= 11 is 1.77. The van der Waals surface area contributed by atoms with Crippen molar-refractivity contribution in [3.05, 3.63) is 22.4 Å². The van der Waals surface area contributed by atoms with Crippen molar-refractivity contribution in [3.8, 4) is 0 Å². The second-order valence-electron chi connectivity index (χ2n) is 4.76. The number of rotatable bonds is 7. The highest BCUT2D eigenvalue weighted by atomic mass is 32.1. The largest absolute Gasteiger partial charge is 0.377 e. The standard InChI is InChI=1S/C14H23NOS/c1-2-4-14(5-3-1)16-10-9-15-8-6-13-7-11-17-12-13/h7,11-12,14-15H,1-6,8-10H2. The number of hydrogen-bond acceptors (Lipinski definition) is 3. The van der Waals surface area contributed by atoms with Crippen molar-refractivity contribution in [2.24, 2.45) is 0 Å². The normalized spacial score (nSPS) is 17.4. The van der Waals surface area contributed by atoms with Gasteiger partial charge in [-0.1, -0.05) is 19.3 Å². The zero-order valence-corrected chi connectivity index (χ0v) is 11.3. The summed E-state index contributed by atoms with van der Waals surface area (Å²) in [5.74, 6) is 0. The van der Waals surface area contributed by atoms with Crippen LogP contribution in [0.3, 0.4) is 0 Å². The quantitative estimate of drug-likeness (QED) is 0.753. The molecule has 0 amide bonds. The van der Waals surface area contributed by atoms with Crippen LogP contribution >= 0.6 is 11.3 Å². The molecule has 0 radical (unpaired) electrons. The predicted octanol–water partition coefficient (Wildman–Crippen LogP) is 3.23. The highest BCUT2D eigenvalue weighted by Gasteiger charge is 2.12. The van der Waals surface area contributed by atoms with Crippen molar-refractivity contribution in [1.82, 2.24) is 5.32 Å². The summed E-state index contributed by atoms with van der Waals surface area (Å²) in [6.45, 7) is 2.92. The van der Waals surface area contributed by atoms with Crippen LogP contribution in [0.15, 0.2) is 16.8 Å². The Bertz CT molecular complexity index is 280. The fourth-order valence-corrected chi connectivity index (χ4v) is 3.03. The van der Waals surface area contributed by atoms with Crippen LogP contribution in [0.5, 0.6) is 0 Å². The van der Waals surface area contributed by atoms with Crippen LogP contribution in [0.2, 0.25) is 0 Å². The van der Waals surface area contributed by atoms with Gasteiger partial charge in [-0.15, -0.1) is 0 Å². The molecule has 0 unspecified atom stereocenters. The molecule has 1 heterocycles. The lowest BCUT2D eigenvalue weighted by molar-refractivity contribution is 0.0304. The molecule has 2 rings (SSSR count). The minimum absolute atomic E-state index is 0.544. The molecule has 2 nitrogen and oxygen atoms in total. The molecule has 96 valence electrons. The Morgan fingerprint density at radius 2 is 2.12 bits per heavy atom. The van der Waals surface area contributed by atoms with E-state index < -0.39 is 0 Å². The summed E-state index contributed by atoms with van der Waals surface area (Å²) < 4.78 is 5.86. The molecule has 1 aromatic heterocycles. The van der Waals surface area contributed by atoms with E-state index in [0.717, 1.165) is 26.1 Å². The fraction of sp³-hybridized carbons (Fsp3) is 0.714. The first-order chi connectivity index (χ1) is 8.45. The minimum atomic E-state index is 0.544. The van der Waals surface area contributed by atoms with Crippen LogP contribution < -0.4 is 5.32 Å². The predicted molar refractivity (Wildman–Crippen MR) is 73.7 cm³/mol. The van der Waals surface area contributed by atoms with E-state index >= 15 is 0 Å². The summed E-state index contributed by atoms with van der Waals surface area (Å²) in [5, 5.41) is 7.81. The van der Waals surface area contributed by atoms with Gasteiger partial charge in [-0.3, -0.25) is 0 Å². The molecular formula is C14H23NOS. The van der Waals surface area contributed by atoms with Gasteiger partial charge in [0.15, 0.2) is 0 Å². The summed E-state index contributed by atoms with van der Waals surface area (Å²) in [5.41, 5.74) is 1.44. The molecule has 17 heavy (non-hydrogen) atoms. The average molecular weight is 253 g/mol. The van der Waals surface area contributed by atoms with E-state index in [9.17, 15) is 0 Å². The first-order valence-electron chi connectivity index (χ1n) is 6.78. The number of ether oxygens (including phenoxy) is 1. The van der Waals surface area contributed by atoms with Crippen molar-refractivity contribution < 1.29 is 4.74 Å². The Balaban J connectivity index is 1.43. The van der Waals surface area contributed by atoms with E-state index in [1.54, 1.807) is 11.3 Å². The highest BCUT2D eigenvalue weighted by Crippen LogP contribution is 2.19. The third-order valence-corrected chi connectivity index (χ3v) is 4.09. The Labute approximate surface area is 108 Å². The maximum Gasteiger partial charge on any atom is 0.0594 e. The van der Waals surface area contributed by atoms with Gasteiger partial charge in [-0.05, 0) is 48.2 Å². The number of nitrogens with one attached hydrogen (secondary N) is 1. The Morgan fingerprint density at radius 3 is 2.88 bits per heavy atom. The fourth-order valence-electron chi connectivity index (χ4n) is 2.32. The lowest BCUT2D eigenvalue weighted by atomic mass is 9.98. The van der Waals surface area contributed by atoms with E-state index in [4.69, 9.17) is 4.74 Å². The zero-order valence-electron chi connectivity index (χ0n) is 10.5. The maximum absolute atomic E-state index is 5.86. The Kier molecular flexibility index (Phi) is 6.03. The first kappa shape index (κ1) is 13.1. The van der Waals surface area contributed by atoms with Gasteiger partial charge in [0.1, 0.15) is 0 Å². The molecule has 0 saturated heterocycles. The van der Waals surface area contributed by atoms with Crippen molar-refractivity contribution in [2.45, 2.75) is 44.6 Å². The van der Waals surface area contributed by atoms with Crippen LogP contribution in [-0.2, 0) is 11.2 Å². The molecule has 0 bridgehead atoms. The van der Waals surface area contributed by atoms with Crippen LogP contribution in [0, 0.1) is 0 Å². The monoisotopic (exact) mass is 253 g/mol. The molecule has 1 aliphatic carbocycles. The van der Waals surface area contributed by atoms with Gasteiger partial charge in [-0.25, -0.2) is 0 Å². The summed E-state index contributed by atoms with van der Waals surface area (Å²) in [4.78, 5) is 0. The lowest BCUT2D eigenvalue weighted by Crippen LogP contribution is -2.25. The van der Waals surface area contributed by atoms with Gasteiger partial charge in [0.25, 0.3) is 0 Å². The SMILES string of the molecule is c1cc(CCNCCOC2CCCCC2)cs1. The number of thiophene rings is 1. The molecule has 1 saturated carbocycles. The molecule has 1 aromatic rings.